The van der Waals surface area contributed by atoms with E-state index in [9.17, 15) is 20.2 Å². The molecule has 9 heteroatoms. The Hall–Kier alpha value is -2.96. The van der Waals surface area contributed by atoms with Gasteiger partial charge in [0, 0.05) is 27.9 Å². The third kappa shape index (κ3) is 4.42. The Balaban J connectivity index is 1.92. The molecule has 1 N–H and O–H groups in total. The van der Waals surface area contributed by atoms with Crippen LogP contribution in [0.1, 0.15) is 11.1 Å². The molecule has 0 atom stereocenters. The van der Waals surface area contributed by atoms with Gasteiger partial charge in [0.1, 0.15) is 11.6 Å². The lowest BCUT2D eigenvalue weighted by Gasteiger charge is -2.07. The molecule has 7 nitrogen and oxygen atoms in total. The van der Waals surface area contributed by atoms with Gasteiger partial charge in [-0.3, -0.25) is 14.9 Å². The standard InChI is InChI=1S/C18H11BrN4O3S/c19-13-6-4-12(5-7-13)16-15(9-20)17(24)22-18(21-16)27-10-11-2-1-3-14(8-11)23(25)26/h1-8H,10H2,(H,21,22,24). The van der Waals surface area contributed by atoms with Gasteiger partial charge in [-0.15, -0.1) is 0 Å². The molecular formula is C18H11BrN4O3S. The van der Waals surface area contributed by atoms with Gasteiger partial charge >= 0.3 is 0 Å². The van der Waals surface area contributed by atoms with Crippen molar-refractivity contribution in [1.29, 1.82) is 5.26 Å². The minimum absolute atomic E-state index is 0.00457. The Labute approximate surface area is 166 Å². The van der Waals surface area contributed by atoms with Gasteiger partial charge < -0.3 is 4.98 Å². The van der Waals surface area contributed by atoms with Crippen molar-refractivity contribution < 1.29 is 4.92 Å². The van der Waals surface area contributed by atoms with E-state index in [4.69, 9.17) is 0 Å². The summed E-state index contributed by atoms with van der Waals surface area (Å²) in [5, 5.41) is 20.5. The summed E-state index contributed by atoms with van der Waals surface area (Å²) in [6.45, 7) is 0. The van der Waals surface area contributed by atoms with E-state index in [0.29, 0.717) is 22.2 Å². The first-order chi connectivity index (χ1) is 13.0. The van der Waals surface area contributed by atoms with Crippen molar-refractivity contribution in [3.05, 3.63) is 84.6 Å². The second-order valence-electron chi connectivity index (χ2n) is 5.43. The van der Waals surface area contributed by atoms with Crippen LogP contribution in [0.5, 0.6) is 0 Å². The van der Waals surface area contributed by atoms with Gasteiger partial charge in [-0.05, 0) is 17.7 Å². The average molecular weight is 443 g/mol. The Kier molecular flexibility index (Phi) is 5.69. The van der Waals surface area contributed by atoms with Crippen LogP contribution in [-0.2, 0) is 5.75 Å². The largest absolute Gasteiger partial charge is 0.300 e. The number of nitriles is 1. The number of rotatable bonds is 5. The van der Waals surface area contributed by atoms with Crippen molar-refractivity contribution in [2.24, 2.45) is 0 Å². The van der Waals surface area contributed by atoms with Crippen molar-refractivity contribution in [3.63, 3.8) is 0 Å². The molecule has 0 bridgehead atoms. The Morgan fingerprint density at radius 1 is 1.26 bits per heavy atom. The lowest BCUT2D eigenvalue weighted by Crippen LogP contribution is -2.14. The number of nitro benzene ring substituents is 1. The average Bonchev–Trinajstić information content (AvgIpc) is 2.66. The fourth-order valence-corrected chi connectivity index (χ4v) is 3.42. The molecule has 0 amide bonds. The van der Waals surface area contributed by atoms with Crippen molar-refractivity contribution in [2.75, 3.05) is 0 Å². The van der Waals surface area contributed by atoms with E-state index >= 15 is 0 Å². The van der Waals surface area contributed by atoms with Gasteiger partial charge in [-0.25, -0.2) is 4.98 Å². The number of aromatic amines is 1. The molecule has 3 rings (SSSR count). The Bertz CT molecular complexity index is 1110. The van der Waals surface area contributed by atoms with E-state index in [2.05, 4.69) is 25.9 Å². The number of thioether (sulfide) groups is 1. The van der Waals surface area contributed by atoms with Crippen molar-refractivity contribution in [3.8, 4) is 17.3 Å². The summed E-state index contributed by atoms with van der Waals surface area (Å²) in [7, 11) is 0. The smallest absolute Gasteiger partial charge is 0.270 e. The molecule has 0 aliphatic rings. The number of H-pyrrole nitrogens is 1. The van der Waals surface area contributed by atoms with Gasteiger partial charge in [0.15, 0.2) is 5.16 Å². The number of non-ortho nitro benzene ring substituents is 1. The first-order valence-corrected chi connectivity index (χ1v) is 9.42. The maximum absolute atomic E-state index is 12.3. The van der Waals surface area contributed by atoms with E-state index in [1.165, 1.54) is 23.9 Å². The molecule has 27 heavy (non-hydrogen) atoms. The molecule has 134 valence electrons. The lowest BCUT2D eigenvalue weighted by atomic mass is 10.1. The summed E-state index contributed by atoms with van der Waals surface area (Å²) in [5.41, 5.74) is 1.11. The van der Waals surface area contributed by atoms with Gasteiger partial charge in [-0.1, -0.05) is 52.0 Å². The maximum atomic E-state index is 12.3. The SMILES string of the molecule is N#Cc1c(-c2ccc(Br)cc2)nc(SCc2cccc([N+](=O)[O-])c2)[nH]c1=O. The first-order valence-electron chi connectivity index (χ1n) is 7.64. The molecule has 0 unspecified atom stereocenters. The minimum Gasteiger partial charge on any atom is -0.300 e. The summed E-state index contributed by atoms with van der Waals surface area (Å²) in [6.07, 6.45) is 0. The number of aromatic nitrogens is 2. The third-order valence-corrected chi connectivity index (χ3v) is 5.10. The van der Waals surface area contributed by atoms with E-state index < -0.39 is 10.5 Å². The number of hydrogen-bond donors (Lipinski definition) is 1. The highest BCUT2D eigenvalue weighted by Crippen LogP contribution is 2.26. The number of hydrogen-bond acceptors (Lipinski definition) is 6. The van der Waals surface area contributed by atoms with Gasteiger partial charge in [0.05, 0.1) is 10.6 Å². The van der Waals surface area contributed by atoms with Gasteiger partial charge in [-0.2, -0.15) is 5.26 Å². The number of benzene rings is 2. The van der Waals surface area contributed by atoms with E-state index in [1.807, 2.05) is 6.07 Å². The van der Waals surface area contributed by atoms with E-state index in [0.717, 1.165) is 10.0 Å². The Morgan fingerprint density at radius 3 is 2.67 bits per heavy atom. The summed E-state index contributed by atoms with van der Waals surface area (Å²) in [6, 6.07) is 15.3. The molecule has 0 fully saturated rings. The molecule has 2 aromatic carbocycles. The summed E-state index contributed by atoms with van der Waals surface area (Å²) < 4.78 is 0.870. The van der Waals surface area contributed by atoms with Crippen LogP contribution in [-0.4, -0.2) is 14.9 Å². The number of nitrogens with one attached hydrogen (secondary N) is 1. The summed E-state index contributed by atoms with van der Waals surface area (Å²) >= 11 is 4.58. The molecular weight excluding hydrogens is 432 g/mol. The molecule has 0 aliphatic heterocycles. The van der Waals surface area contributed by atoms with Crippen LogP contribution in [0.4, 0.5) is 5.69 Å². The maximum Gasteiger partial charge on any atom is 0.270 e. The highest BCUT2D eigenvalue weighted by Gasteiger charge is 2.14. The predicted octanol–water partition coefficient (Wildman–Crippen LogP) is 4.27. The van der Waals surface area contributed by atoms with Crippen LogP contribution in [0.15, 0.2) is 63.0 Å². The summed E-state index contributed by atoms with van der Waals surface area (Å²) in [5.74, 6) is 0.385. The molecule has 0 saturated carbocycles. The minimum atomic E-state index is -0.521. The van der Waals surface area contributed by atoms with Crippen LogP contribution in [0.2, 0.25) is 0 Å². The third-order valence-electron chi connectivity index (χ3n) is 3.62. The molecule has 1 aromatic heterocycles. The van der Waals surface area contributed by atoms with Crippen molar-refractivity contribution in [2.45, 2.75) is 10.9 Å². The normalized spacial score (nSPS) is 10.4. The van der Waals surface area contributed by atoms with Crippen LogP contribution >= 0.6 is 27.7 Å². The van der Waals surface area contributed by atoms with Crippen molar-refractivity contribution >= 4 is 33.4 Å². The monoisotopic (exact) mass is 442 g/mol. The van der Waals surface area contributed by atoms with Crippen LogP contribution < -0.4 is 5.56 Å². The zero-order valence-electron chi connectivity index (χ0n) is 13.7. The van der Waals surface area contributed by atoms with E-state index in [1.54, 1.807) is 36.4 Å². The number of nitrogens with zero attached hydrogens (tertiary/aromatic N) is 3. The molecule has 0 spiro atoms. The van der Waals surface area contributed by atoms with Crippen LogP contribution in [0.3, 0.4) is 0 Å². The zero-order valence-corrected chi connectivity index (χ0v) is 16.1. The van der Waals surface area contributed by atoms with Crippen LogP contribution in [0.25, 0.3) is 11.3 Å². The lowest BCUT2D eigenvalue weighted by molar-refractivity contribution is -0.384. The highest BCUT2D eigenvalue weighted by molar-refractivity contribution is 9.10. The quantitative estimate of drug-likeness (QED) is 0.273. The van der Waals surface area contributed by atoms with Crippen molar-refractivity contribution in [1.82, 2.24) is 9.97 Å². The fraction of sp³-hybridized carbons (Fsp3) is 0.0556. The molecule has 0 aliphatic carbocycles. The molecule has 0 saturated heterocycles. The summed E-state index contributed by atoms with van der Waals surface area (Å²) in [4.78, 5) is 29.7. The van der Waals surface area contributed by atoms with Gasteiger partial charge in [0.25, 0.3) is 11.2 Å². The second-order valence-corrected chi connectivity index (χ2v) is 7.31. The molecule has 0 radical (unpaired) electrons. The number of nitro groups is 1. The second kappa shape index (κ2) is 8.16. The number of halogens is 1. The highest BCUT2D eigenvalue weighted by atomic mass is 79.9. The molecule has 1 heterocycles. The zero-order chi connectivity index (χ0) is 19.4. The topological polar surface area (TPSA) is 113 Å². The fourth-order valence-electron chi connectivity index (χ4n) is 2.35. The predicted molar refractivity (Wildman–Crippen MR) is 105 cm³/mol. The Morgan fingerprint density at radius 2 is 2.00 bits per heavy atom. The van der Waals surface area contributed by atoms with E-state index in [-0.39, 0.29) is 11.3 Å². The molecule has 3 aromatic rings. The van der Waals surface area contributed by atoms with Gasteiger partial charge in [0.2, 0.25) is 0 Å². The van der Waals surface area contributed by atoms with Crippen LogP contribution in [0, 0.1) is 21.4 Å². The first kappa shape index (κ1) is 18.8.